The Morgan fingerprint density at radius 1 is 1.38 bits per heavy atom. The molecule has 1 aromatic carbocycles. The quantitative estimate of drug-likeness (QED) is 0.818. The number of hydrogen-bond acceptors (Lipinski definition) is 3. The van der Waals surface area contributed by atoms with Gasteiger partial charge in [-0.15, -0.1) is 0 Å². The zero-order valence-electron chi connectivity index (χ0n) is 15.2. The van der Waals surface area contributed by atoms with Gasteiger partial charge in [-0.2, -0.15) is 0 Å². The second-order valence-corrected chi connectivity index (χ2v) is 6.84. The summed E-state index contributed by atoms with van der Waals surface area (Å²) in [5.41, 5.74) is 1.84. The molecule has 2 amide bonds. The molecule has 0 unspecified atom stereocenters. The summed E-state index contributed by atoms with van der Waals surface area (Å²) in [6.45, 7) is 8.55. The van der Waals surface area contributed by atoms with Crippen molar-refractivity contribution in [3.63, 3.8) is 0 Å². The Morgan fingerprint density at radius 3 is 2.88 bits per heavy atom. The van der Waals surface area contributed by atoms with E-state index in [1.165, 1.54) is 0 Å². The number of urea groups is 1. The lowest BCUT2D eigenvalue weighted by atomic mass is 10.1. The summed E-state index contributed by atoms with van der Waals surface area (Å²) >= 11 is 0. The highest BCUT2D eigenvalue weighted by atomic mass is 16.5. The van der Waals surface area contributed by atoms with E-state index in [0.717, 1.165) is 37.2 Å². The molecular formula is C19H30N2O3. The van der Waals surface area contributed by atoms with Crippen molar-refractivity contribution < 1.29 is 14.3 Å². The standard InChI is InChI=1S/C19H30N2O3/c1-14(2)9-11-24-18-8-10-21(13-18)19(22)20-17-7-5-6-16(12-17)15(3)23-4/h5-7,12,14-15,18H,8-11,13H2,1-4H3,(H,20,22)/t15-,18-/m1/s1. The number of hydrogen-bond donors (Lipinski definition) is 1. The Morgan fingerprint density at radius 2 is 2.17 bits per heavy atom. The van der Waals surface area contributed by atoms with Gasteiger partial charge in [0, 0.05) is 32.5 Å². The van der Waals surface area contributed by atoms with Crippen molar-refractivity contribution in [2.45, 2.75) is 45.8 Å². The van der Waals surface area contributed by atoms with Crippen LogP contribution in [-0.2, 0) is 9.47 Å². The van der Waals surface area contributed by atoms with Crippen molar-refractivity contribution in [3.8, 4) is 0 Å². The minimum absolute atomic E-state index is 0.00683. The summed E-state index contributed by atoms with van der Waals surface area (Å²) in [4.78, 5) is 14.2. The first-order chi connectivity index (χ1) is 11.5. The molecule has 0 aliphatic carbocycles. The van der Waals surface area contributed by atoms with Gasteiger partial charge < -0.3 is 19.7 Å². The molecule has 0 radical (unpaired) electrons. The lowest BCUT2D eigenvalue weighted by Crippen LogP contribution is -2.34. The summed E-state index contributed by atoms with van der Waals surface area (Å²) in [5.74, 6) is 0.646. The molecule has 1 saturated heterocycles. The third-order valence-electron chi connectivity index (χ3n) is 4.44. The number of carbonyl (C=O) groups excluding carboxylic acids is 1. The molecule has 2 atom stereocenters. The average molecular weight is 334 g/mol. The minimum Gasteiger partial charge on any atom is -0.377 e. The zero-order valence-corrected chi connectivity index (χ0v) is 15.2. The summed E-state index contributed by atoms with van der Waals surface area (Å²) in [6.07, 6.45) is 2.14. The van der Waals surface area contributed by atoms with Crippen LogP contribution in [0.25, 0.3) is 0 Å². The van der Waals surface area contributed by atoms with E-state index in [4.69, 9.17) is 9.47 Å². The first-order valence-corrected chi connectivity index (χ1v) is 8.80. The maximum absolute atomic E-state index is 12.4. The third kappa shape index (κ3) is 5.49. The number of carbonyl (C=O) groups is 1. The lowest BCUT2D eigenvalue weighted by molar-refractivity contribution is 0.0547. The Hall–Kier alpha value is -1.59. The molecule has 0 bridgehead atoms. The molecule has 0 spiro atoms. The van der Waals surface area contributed by atoms with E-state index in [-0.39, 0.29) is 18.2 Å². The van der Waals surface area contributed by atoms with Crippen molar-refractivity contribution in [1.29, 1.82) is 0 Å². The van der Waals surface area contributed by atoms with Gasteiger partial charge in [-0.25, -0.2) is 4.79 Å². The molecule has 24 heavy (non-hydrogen) atoms. The van der Waals surface area contributed by atoms with Crippen LogP contribution in [-0.4, -0.2) is 43.8 Å². The lowest BCUT2D eigenvalue weighted by Gasteiger charge is -2.18. The fourth-order valence-corrected chi connectivity index (χ4v) is 2.73. The van der Waals surface area contributed by atoms with Crippen LogP contribution in [0.5, 0.6) is 0 Å². The van der Waals surface area contributed by atoms with E-state index >= 15 is 0 Å². The van der Waals surface area contributed by atoms with Crippen LogP contribution < -0.4 is 5.32 Å². The SMILES string of the molecule is CO[C@H](C)c1cccc(NC(=O)N2CC[C@@H](OCCC(C)C)C2)c1. The van der Waals surface area contributed by atoms with Gasteiger partial charge in [-0.3, -0.25) is 0 Å². The number of methoxy groups -OCH3 is 1. The largest absolute Gasteiger partial charge is 0.377 e. The predicted molar refractivity (Wildman–Crippen MR) is 96.3 cm³/mol. The Bertz CT molecular complexity index is 533. The number of rotatable bonds is 7. The first kappa shape index (κ1) is 18.7. The number of anilines is 1. The number of benzene rings is 1. The summed E-state index contributed by atoms with van der Waals surface area (Å²) in [5, 5.41) is 2.97. The third-order valence-corrected chi connectivity index (χ3v) is 4.44. The number of ether oxygens (including phenoxy) is 2. The highest BCUT2D eigenvalue weighted by Gasteiger charge is 2.26. The van der Waals surface area contributed by atoms with E-state index in [2.05, 4.69) is 19.2 Å². The van der Waals surface area contributed by atoms with Crippen LogP contribution in [0.15, 0.2) is 24.3 Å². The molecule has 1 aromatic rings. The first-order valence-electron chi connectivity index (χ1n) is 8.80. The van der Waals surface area contributed by atoms with Crippen LogP contribution >= 0.6 is 0 Å². The molecule has 1 N–H and O–H groups in total. The smallest absolute Gasteiger partial charge is 0.321 e. The molecule has 5 heteroatoms. The number of nitrogens with one attached hydrogen (secondary N) is 1. The maximum atomic E-state index is 12.4. The van der Waals surface area contributed by atoms with Gasteiger partial charge in [-0.05, 0) is 43.4 Å². The van der Waals surface area contributed by atoms with Gasteiger partial charge >= 0.3 is 6.03 Å². The second-order valence-electron chi connectivity index (χ2n) is 6.84. The molecule has 1 aliphatic heterocycles. The molecule has 0 saturated carbocycles. The van der Waals surface area contributed by atoms with E-state index < -0.39 is 0 Å². The van der Waals surface area contributed by atoms with Crippen molar-refractivity contribution in [3.05, 3.63) is 29.8 Å². The molecule has 2 rings (SSSR count). The molecule has 134 valence electrons. The van der Waals surface area contributed by atoms with Gasteiger partial charge in [-0.1, -0.05) is 26.0 Å². The Labute approximate surface area is 145 Å². The topological polar surface area (TPSA) is 50.8 Å². The predicted octanol–water partition coefficient (Wildman–Crippen LogP) is 4.06. The zero-order chi connectivity index (χ0) is 17.5. The summed E-state index contributed by atoms with van der Waals surface area (Å²) in [6, 6.07) is 7.72. The number of likely N-dealkylation sites (tertiary alicyclic amines) is 1. The molecule has 1 aliphatic rings. The molecule has 1 heterocycles. The van der Waals surface area contributed by atoms with Crippen molar-refractivity contribution in [2.75, 3.05) is 32.1 Å². The molecular weight excluding hydrogens is 304 g/mol. The van der Waals surface area contributed by atoms with Crippen LogP contribution in [0, 0.1) is 5.92 Å². The Balaban J connectivity index is 1.83. The minimum atomic E-state index is -0.0628. The van der Waals surface area contributed by atoms with Crippen LogP contribution in [0.3, 0.4) is 0 Å². The van der Waals surface area contributed by atoms with Crippen molar-refractivity contribution in [2.24, 2.45) is 5.92 Å². The van der Waals surface area contributed by atoms with E-state index in [1.807, 2.05) is 36.1 Å². The monoisotopic (exact) mass is 334 g/mol. The van der Waals surface area contributed by atoms with Gasteiger partial charge in [0.25, 0.3) is 0 Å². The van der Waals surface area contributed by atoms with Crippen molar-refractivity contribution >= 4 is 11.7 Å². The van der Waals surface area contributed by atoms with Crippen LogP contribution in [0.1, 0.15) is 45.3 Å². The van der Waals surface area contributed by atoms with Gasteiger partial charge in [0.1, 0.15) is 0 Å². The normalized spacial score (nSPS) is 18.9. The average Bonchev–Trinajstić information content (AvgIpc) is 3.03. The fraction of sp³-hybridized carbons (Fsp3) is 0.632. The highest BCUT2D eigenvalue weighted by Crippen LogP contribution is 2.21. The van der Waals surface area contributed by atoms with Crippen LogP contribution in [0.2, 0.25) is 0 Å². The summed E-state index contributed by atoms with van der Waals surface area (Å²) < 4.78 is 11.2. The number of nitrogens with zero attached hydrogens (tertiary/aromatic N) is 1. The fourth-order valence-electron chi connectivity index (χ4n) is 2.73. The maximum Gasteiger partial charge on any atom is 0.321 e. The van der Waals surface area contributed by atoms with E-state index in [9.17, 15) is 4.79 Å². The highest BCUT2D eigenvalue weighted by molar-refractivity contribution is 5.89. The van der Waals surface area contributed by atoms with Crippen molar-refractivity contribution in [1.82, 2.24) is 4.90 Å². The van der Waals surface area contributed by atoms with E-state index in [0.29, 0.717) is 12.5 Å². The van der Waals surface area contributed by atoms with E-state index in [1.54, 1.807) is 7.11 Å². The second kappa shape index (κ2) is 9.04. The molecule has 5 nitrogen and oxygen atoms in total. The van der Waals surface area contributed by atoms with Crippen LogP contribution in [0.4, 0.5) is 10.5 Å². The summed E-state index contributed by atoms with van der Waals surface area (Å²) in [7, 11) is 1.68. The number of amides is 2. The van der Waals surface area contributed by atoms with Gasteiger partial charge in [0.15, 0.2) is 0 Å². The Kier molecular flexibility index (Phi) is 7.06. The van der Waals surface area contributed by atoms with Gasteiger partial charge in [0.2, 0.25) is 0 Å². The van der Waals surface area contributed by atoms with Gasteiger partial charge in [0.05, 0.1) is 12.2 Å². The molecule has 0 aromatic heterocycles. The molecule has 1 fully saturated rings.